The maximum Gasteiger partial charge on any atom is 0.317 e. The predicted molar refractivity (Wildman–Crippen MR) is 112 cm³/mol. The molecule has 27 heavy (non-hydrogen) atoms. The van der Waals surface area contributed by atoms with Crippen LogP contribution in [-0.4, -0.2) is 40.2 Å². The average molecular weight is 388 g/mol. The molecule has 1 atom stereocenters. The fourth-order valence-corrected chi connectivity index (χ4v) is 3.49. The van der Waals surface area contributed by atoms with E-state index in [1.807, 2.05) is 0 Å². The van der Waals surface area contributed by atoms with E-state index >= 15 is 0 Å². The highest BCUT2D eigenvalue weighted by atomic mass is 16.5. The van der Waals surface area contributed by atoms with Crippen molar-refractivity contribution in [1.82, 2.24) is 5.32 Å². The molecule has 0 aromatic heterocycles. The molecule has 0 aromatic carbocycles. The molecule has 0 amide bonds. The maximum absolute atomic E-state index is 10.5. The lowest BCUT2D eigenvalue weighted by molar-refractivity contribution is -0.136. The van der Waals surface area contributed by atoms with Gasteiger partial charge in [0.15, 0.2) is 6.29 Å². The lowest BCUT2D eigenvalue weighted by atomic mass is 10.0. The summed E-state index contributed by atoms with van der Waals surface area (Å²) in [6, 6.07) is -0.548. The lowest BCUT2D eigenvalue weighted by Gasteiger charge is -2.19. The summed E-state index contributed by atoms with van der Waals surface area (Å²) in [5.74, 6) is -0.979. The van der Waals surface area contributed by atoms with Crippen molar-refractivity contribution in [3.8, 4) is 0 Å². The van der Waals surface area contributed by atoms with Crippen molar-refractivity contribution in [2.75, 3.05) is 6.54 Å². The molecule has 0 aromatic rings. The molecule has 0 bridgehead atoms. The number of rotatable bonds is 21. The van der Waals surface area contributed by atoms with E-state index in [-0.39, 0.29) is 6.54 Å². The minimum Gasteiger partial charge on any atom is -0.480 e. The maximum atomic E-state index is 10.5. The Morgan fingerprint density at radius 1 is 0.704 bits per heavy atom. The number of unbranched alkanes of at least 4 members (excludes halogenated alkanes) is 15. The van der Waals surface area contributed by atoms with Gasteiger partial charge in [-0.25, -0.2) is 0 Å². The molecule has 0 saturated heterocycles. The van der Waals surface area contributed by atoms with Crippen LogP contribution in [0, 0.1) is 0 Å². The second-order valence-electron chi connectivity index (χ2n) is 7.89. The van der Waals surface area contributed by atoms with Gasteiger partial charge in [-0.1, -0.05) is 110 Å². The van der Waals surface area contributed by atoms with Crippen molar-refractivity contribution in [1.29, 1.82) is 0 Å². The van der Waals surface area contributed by atoms with Crippen LogP contribution < -0.4 is 5.32 Å². The van der Waals surface area contributed by atoms with Gasteiger partial charge in [-0.2, -0.15) is 0 Å². The van der Waals surface area contributed by atoms with E-state index < -0.39 is 18.3 Å². The molecule has 4 N–H and O–H groups in total. The quantitative estimate of drug-likeness (QED) is 0.164. The Balaban J connectivity index is 3.29. The Bertz CT molecular complexity index is 323. The Morgan fingerprint density at radius 2 is 1.07 bits per heavy atom. The summed E-state index contributed by atoms with van der Waals surface area (Å²) in [4.78, 5) is 10.5. The average Bonchev–Trinajstić information content (AvgIpc) is 2.63. The minimum absolute atomic E-state index is 0.235. The first-order valence-corrected chi connectivity index (χ1v) is 11.4. The van der Waals surface area contributed by atoms with Gasteiger partial charge < -0.3 is 15.3 Å². The third-order valence-corrected chi connectivity index (χ3v) is 5.24. The van der Waals surface area contributed by atoms with Crippen LogP contribution in [0.1, 0.15) is 116 Å². The van der Waals surface area contributed by atoms with Gasteiger partial charge in [0.1, 0.15) is 0 Å². The Hall–Kier alpha value is -0.650. The smallest absolute Gasteiger partial charge is 0.317 e. The summed E-state index contributed by atoms with van der Waals surface area (Å²) in [6.45, 7) is 2.03. The predicted octanol–water partition coefficient (Wildman–Crippen LogP) is 4.99. The number of hydrogen-bond donors (Lipinski definition) is 4. The van der Waals surface area contributed by atoms with Crippen LogP contribution in [0.2, 0.25) is 0 Å². The number of carboxylic acid groups (broad SMARTS) is 1. The Labute approximate surface area is 166 Å². The van der Waals surface area contributed by atoms with E-state index in [0.29, 0.717) is 6.42 Å². The molecular formula is C22H45NO4. The van der Waals surface area contributed by atoms with Crippen LogP contribution in [0.4, 0.5) is 0 Å². The number of carboxylic acids is 1. The fraction of sp³-hybridized carbons (Fsp3) is 0.955. The molecule has 5 nitrogen and oxygen atoms in total. The lowest BCUT2D eigenvalue weighted by Crippen LogP contribution is -2.42. The number of carbonyl (C=O) groups is 1. The van der Waals surface area contributed by atoms with Crippen molar-refractivity contribution in [3.05, 3.63) is 0 Å². The van der Waals surface area contributed by atoms with Crippen molar-refractivity contribution in [2.45, 2.75) is 128 Å². The molecule has 0 rings (SSSR count). The minimum atomic E-state index is -1.50. The summed E-state index contributed by atoms with van der Waals surface area (Å²) < 4.78 is 0. The summed E-state index contributed by atoms with van der Waals surface area (Å²) in [5, 5.41) is 29.8. The van der Waals surface area contributed by atoms with Gasteiger partial charge in [0.2, 0.25) is 0 Å². The molecule has 0 spiro atoms. The van der Waals surface area contributed by atoms with Crippen molar-refractivity contribution in [2.24, 2.45) is 0 Å². The monoisotopic (exact) mass is 387 g/mol. The van der Waals surface area contributed by atoms with Crippen molar-refractivity contribution >= 4 is 5.97 Å². The van der Waals surface area contributed by atoms with Crippen LogP contribution in [-0.2, 0) is 4.79 Å². The van der Waals surface area contributed by atoms with Crippen molar-refractivity contribution < 1.29 is 20.1 Å². The number of aliphatic carboxylic acids is 1. The van der Waals surface area contributed by atoms with E-state index in [1.165, 1.54) is 89.9 Å². The van der Waals surface area contributed by atoms with E-state index in [0.717, 1.165) is 12.8 Å². The van der Waals surface area contributed by atoms with Crippen LogP contribution in [0.3, 0.4) is 0 Å². The first kappa shape index (κ1) is 26.4. The second-order valence-corrected chi connectivity index (χ2v) is 7.89. The zero-order valence-electron chi connectivity index (χ0n) is 17.6. The third-order valence-electron chi connectivity index (χ3n) is 5.24. The normalized spacial score (nSPS) is 12.6. The van der Waals surface area contributed by atoms with Crippen LogP contribution in [0.5, 0.6) is 0 Å². The Kier molecular flexibility index (Phi) is 19.6. The fourth-order valence-electron chi connectivity index (χ4n) is 3.49. The van der Waals surface area contributed by atoms with Crippen LogP contribution in [0.15, 0.2) is 0 Å². The molecule has 5 heteroatoms. The molecule has 0 radical (unpaired) electrons. The topological polar surface area (TPSA) is 89.8 Å². The molecule has 0 heterocycles. The van der Waals surface area contributed by atoms with Gasteiger partial charge in [-0.05, 0) is 6.42 Å². The van der Waals surface area contributed by atoms with E-state index in [4.69, 9.17) is 5.11 Å². The van der Waals surface area contributed by atoms with Crippen LogP contribution in [0.25, 0.3) is 0 Å². The summed E-state index contributed by atoms with van der Waals surface area (Å²) in [5.41, 5.74) is 0. The SMILES string of the molecule is CCCCCCCCCCCCCCCCCCC(NCC(=O)O)C(O)O. The number of nitrogens with one attached hydrogen (secondary N) is 1. The van der Waals surface area contributed by atoms with Gasteiger partial charge in [0.25, 0.3) is 0 Å². The molecule has 0 saturated carbocycles. The molecule has 162 valence electrons. The standard InChI is InChI=1S/C22H45NO4/c1-2-3-4-5-6-7-8-9-10-11-12-13-14-15-16-17-18-20(22(26)27)23-19-21(24)25/h20,22-23,26-27H,2-19H2,1H3,(H,24,25). The number of aliphatic hydroxyl groups is 2. The van der Waals surface area contributed by atoms with Gasteiger partial charge in [-0.3, -0.25) is 10.1 Å². The highest BCUT2D eigenvalue weighted by Gasteiger charge is 2.16. The Morgan fingerprint density at radius 3 is 1.41 bits per heavy atom. The van der Waals surface area contributed by atoms with Gasteiger partial charge in [0, 0.05) is 0 Å². The van der Waals surface area contributed by atoms with E-state index in [2.05, 4.69) is 12.2 Å². The first-order chi connectivity index (χ1) is 13.1. The molecule has 1 unspecified atom stereocenters. The largest absolute Gasteiger partial charge is 0.480 e. The zero-order valence-corrected chi connectivity index (χ0v) is 17.6. The van der Waals surface area contributed by atoms with E-state index in [1.54, 1.807) is 0 Å². The molecule has 0 aliphatic heterocycles. The third kappa shape index (κ3) is 19.9. The summed E-state index contributed by atoms with van der Waals surface area (Å²) in [6.07, 6.45) is 20.0. The van der Waals surface area contributed by atoms with Crippen LogP contribution >= 0.6 is 0 Å². The molecule has 0 aliphatic carbocycles. The van der Waals surface area contributed by atoms with Crippen molar-refractivity contribution in [3.63, 3.8) is 0 Å². The molecular weight excluding hydrogens is 342 g/mol. The number of aliphatic hydroxyl groups excluding tert-OH is 1. The summed E-state index contributed by atoms with van der Waals surface area (Å²) in [7, 11) is 0. The zero-order chi connectivity index (χ0) is 20.2. The highest BCUT2D eigenvalue weighted by Crippen LogP contribution is 2.14. The highest BCUT2D eigenvalue weighted by molar-refractivity contribution is 5.69. The van der Waals surface area contributed by atoms with Gasteiger partial charge >= 0.3 is 5.97 Å². The molecule has 0 fully saturated rings. The van der Waals surface area contributed by atoms with Gasteiger partial charge in [0.05, 0.1) is 12.6 Å². The second kappa shape index (κ2) is 20.1. The first-order valence-electron chi connectivity index (χ1n) is 11.4. The summed E-state index contributed by atoms with van der Waals surface area (Å²) >= 11 is 0. The van der Waals surface area contributed by atoms with E-state index in [9.17, 15) is 15.0 Å². The number of hydrogen-bond acceptors (Lipinski definition) is 4. The molecule has 0 aliphatic rings. The van der Waals surface area contributed by atoms with Gasteiger partial charge in [-0.15, -0.1) is 0 Å².